The van der Waals surface area contributed by atoms with Gasteiger partial charge in [-0.3, -0.25) is 4.79 Å². The molecule has 0 radical (unpaired) electrons. The number of hydrogen-bond acceptors (Lipinski definition) is 4. The molecule has 4 nitrogen and oxygen atoms in total. The third kappa shape index (κ3) is 1.76. The summed E-state index contributed by atoms with van der Waals surface area (Å²) in [6.45, 7) is 3.16. The fourth-order valence-electron chi connectivity index (χ4n) is 2.21. The molecule has 0 atom stereocenters. The molecule has 0 unspecified atom stereocenters. The minimum Gasteiger partial charge on any atom is -0.399 e. The second-order valence-corrected chi connectivity index (χ2v) is 5.31. The highest BCUT2D eigenvalue weighted by Crippen LogP contribution is 2.27. The van der Waals surface area contributed by atoms with Gasteiger partial charge in [-0.1, -0.05) is 6.07 Å². The first-order valence-corrected chi connectivity index (χ1v) is 6.60. The van der Waals surface area contributed by atoms with Crippen LogP contribution in [0.4, 0.5) is 5.69 Å². The highest BCUT2D eigenvalue weighted by Gasteiger charge is 2.26. The first kappa shape index (κ1) is 11.2. The molecule has 0 saturated carbocycles. The van der Waals surface area contributed by atoms with Crippen LogP contribution in [0.1, 0.15) is 26.5 Å². The number of rotatable bonds is 1. The minimum absolute atomic E-state index is 0.0600. The molecule has 0 aliphatic carbocycles. The van der Waals surface area contributed by atoms with Crippen LogP contribution in [-0.2, 0) is 13.1 Å². The number of aryl methyl sites for hydroxylation is 1. The number of nitrogen functional groups attached to an aromatic ring is 1. The summed E-state index contributed by atoms with van der Waals surface area (Å²) in [6, 6.07) is 5.82. The number of benzene rings is 1. The Morgan fingerprint density at radius 1 is 1.39 bits per heavy atom. The Bertz CT molecular complexity index is 620. The number of nitrogens with zero attached hydrogens (tertiary/aromatic N) is 2. The van der Waals surface area contributed by atoms with Gasteiger partial charge in [0.1, 0.15) is 4.88 Å². The smallest absolute Gasteiger partial charge is 0.266 e. The molecule has 5 heteroatoms. The fraction of sp³-hybridized carbons (Fsp3) is 0.231. The number of carbonyl (C=O) groups is 1. The van der Waals surface area contributed by atoms with Crippen LogP contribution in [0.2, 0.25) is 0 Å². The highest BCUT2D eigenvalue weighted by atomic mass is 32.1. The molecule has 2 heterocycles. The van der Waals surface area contributed by atoms with Crippen LogP contribution >= 0.6 is 11.3 Å². The van der Waals surface area contributed by atoms with Crippen molar-refractivity contribution in [3.63, 3.8) is 0 Å². The van der Waals surface area contributed by atoms with Gasteiger partial charge in [0.05, 0.1) is 11.2 Å². The molecule has 18 heavy (non-hydrogen) atoms. The zero-order valence-electron chi connectivity index (χ0n) is 10.0. The Morgan fingerprint density at radius 2 is 2.17 bits per heavy atom. The molecular weight excluding hydrogens is 246 g/mol. The molecule has 2 N–H and O–H groups in total. The van der Waals surface area contributed by atoms with E-state index in [4.69, 9.17) is 5.73 Å². The van der Waals surface area contributed by atoms with E-state index in [9.17, 15) is 4.79 Å². The average molecular weight is 259 g/mol. The lowest BCUT2D eigenvalue weighted by atomic mass is 10.1. The molecule has 1 amide bonds. The van der Waals surface area contributed by atoms with E-state index >= 15 is 0 Å². The predicted molar refractivity (Wildman–Crippen MR) is 71.3 cm³/mol. The van der Waals surface area contributed by atoms with Crippen LogP contribution in [0.3, 0.4) is 0 Å². The monoisotopic (exact) mass is 259 g/mol. The van der Waals surface area contributed by atoms with E-state index < -0.39 is 0 Å². The van der Waals surface area contributed by atoms with Crippen LogP contribution in [0, 0.1) is 6.92 Å². The summed E-state index contributed by atoms with van der Waals surface area (Å²) in [7, 11) is 0. The van der Waals surface area contributed by atoms with Crippen LogP contribution in [-0.4, -0.2) is 15.8 Å². The van der Waals surface area contributed by atoms with E-state index in [1.54, 1.807) is 5.51 Å². The zero-order chi connectivity index (χ0) is 12.7. The van der Waals surface area contributed by atoms with E-state index in [0.29, 0.717) is 13.1 Å². The number of nitrogens with two attached hydrogens (primary N) is 1. The van der Waals surface area contributed by atoms with E-state index in [1.807, 2.05) is 30.0 Å². The number of carbonyl (C=O) groups excluding carboxylic acids is 1. The number of amides is 1. The van der Waals surface area contributed by atoms with Crippen molar-refractivity contribution in [2.45, 2.75) is 20.0 Å². The van der Waals surface area contributed by atoms with Crippen molar-refractivity contribution in [1.29, 1.82) is 0 Å². The molecule has 92 valence electrons. The summed E-state index contributed by atoms with van der Waals surface area (Å²) in [6.07, 6.45) is 0. The normalized spacial score (nSPS) is 13.7. The van der Waals surface area contributed by atoms with Gasteiger partial charge in [-0.25, -0.2) is 4.98 Å². The Labute approximate surface area is 109 Å². The molecule has 0 bridgehead atoms. The van der Waals surface area contributed by atoms with Crippen molar-refractivity contribution in [2.24, 2.45) is 0 Å². The number of thiazole rings is 1. The lowest BCUT2D eigenvalue weighted by Crippen LogP contribution is -2.25. The SMILES string of the molecule is Cc1ncsc1C(=O)N1Cc2ccc(N)cc2C1. The second-order valence-electron chi connectivity index (χ2n) is 4.46. The van der Waals surface area contributed by atoms with Crippen molar-refractivity contribution >= 4 is 22.9 Å². The number of anilines is 1. The Balaban J connectivity index is 1.86. The lowest BCUT2D eigenvalue weighted by Gasteiger charge is -2.14. The highest BCUT2D eigenvalue weighted by molar-refractivity contribution is 7.11. The van der Waals surface area contributed by atoms with Crippen LogP contribution < -0.4 is 5.73 Å². The second kappa shape index (κ2) is 4.10. The maximum absolute atomic E-state index is 12.3. The predicted octanol–water partition coefficient (Wildman–Crippen LogP) is 2.19. The van der Waals surface area contributed by atoms with Gasteiger partial charge < -0.3 is 10.6 Å². The first-order chi connectivity index (χ1) is 8.65. The van der Waals surface area contributed by atoms with Crippen LogP contribution in [0.25, 0.3) is 0 Å². The molecule has 0 fully saturated rings. The first-order valence-electron chi connectivity index (χ1n) is 5.72. The topological polar surface area (TPSA) is 59.2 Å². The standard InChI is InChI=1S/C13H13N3OS/c1-8-12(18-7-15-8)13(17)16-5-9-2-3-11(14)4-10(9)6-16/h2-4,7H,5-6,14H2,1H3. The van der Waals surface area contributed by atoms with E-state index in [-0.39, 0.29) is 5.91 Å². The van der Waals surface area contributed by atoms with Crippen molar-refractivity contribution in [3.05, 3.63) is 45.4 Å². The fourth-order valence-corrected chi connectivity index (χ4v) is 2.98. The third-order valence-electron chi connectivity index (χ3n) is 3.18. The zero-order valence-corrected chi connectivity index (χ0v) is 10.8. The van der Waals surface area contributed by atoms with Gasteiger partial charge >= 0.3 is 0 Å². The lowest BCUT2D eigenvalue weighted by molar-refractivity contribution is 0.0755. The third-order valence-corrected chi connectivity index (χ3v) is 4.10. The van der Waals surface area contributed by atoms with Crippen molar-refractivity contribution in [3.8, 4) is 0 Å². The minimum atomic E-state index is 0.0600. The molecule has 0 spiro atoms. The van der Waals surface area contributed by atoms with Gasteiger partial charge in [0.25, 0.3) is 5.91 Å². The van der Waals surface area contributed by atoms with Gasteiger partial charge in [0, 0.05) is 18.8 Å². The van der Waals surface area contributed by atoms with Gasteiger partial charge in [0.2, 0.25) is 0 Å². The molecular formula is C13H13N3OS. The quantitative estimate of drug-likeness (QED) is 0.799. The average Bonchev–Trinajstić information content (AvgIpc) is 2.93. The molecule has 1 aliphatic rings. The molecule has 1 aromatic heterocycles. The summed E-state index contributed by atoms with van der Waals surface area (Å²) in [5, 5.41) is 0. The summed E-state index contributed by atoms with van der Waals surface area (Å²) in [5.41, 5.74) is 11.3. The van der Waals surface area contributed by atoms with Crippen molar-refractivity contribution in [1.82, 2.24) is 9.88 Å². The van der Waals surface area contributed by atoms with Gasteiger partial charge in [-0.05, 0) is 30.2 Å². The summed E-state index contributed by atoms with van der Waals surface area (Å²) < 4.78 is 0. The Hall–Kier alpha value is -1.88. The van der Waals surface area contributed by atoms with E-state index in [1.165, 1.54) is 16.9 Å². The Kier molecular flexibility index (Phi) is 2.56. The molecule has 3 rings (SSSR count). The summed E-state index contributed by atoms with van der Waals surface area (Å²) in [5.74, 6) is 0.0600. The number of aromatic nitrogens is 1. The van der Waals surface area contributed by atoms with E-state index in [0.717, 1.165) is 21.8 Å². The van der Waals surface area contributed by atoms with Gasteiger partial charge in [-0.2, -0.15) is 0 Å². The van der Waals surface area contributed by atoms with Crippen molar-refractivity contribution < 1.29 is 4.79 Å². The maximum Gasteiger partial charge on any atom is 0.266 e. The van der Waals surface area contributed by atoms with Gasteiger partial charge in [0.15, 0.2) is 0 Å². The summed E-state index contributed by atoms with van der Waals surface area (Å²) in [4.78, 5) is 19.0. The number of fused-ring (bicyclic) bond motifs is 1. The van der Waals surface area contributed by atoms with E-state index in [2.05, 4.69) is 4.98 Å². The maximum atomic E-state index is 12.3. The molecule has 0 saturated heterocycles. The number of hydrogen-bond donors (Lipinski definition) is 1. The van der Waals surface area contributed by atoms with Gasteiger partial charge in [-0.15, -0.1) is 11.3 Å². The van der Waals surface area contributed by atoms with Crippen LogP contribution in [0.5, 0.6) is 0 Å². The van der Waals surface area contributed by atoms with Crippen molar-refractivity contribution in [2.75, 3.05) is 5.73 Å². The summed E-state index contributed by atoms with van der Waals surface area (Å²) >= 11 is 1.40. The Morgan fingerprint density at radius 3 is 2.89 bits per heavy atom. The largest absolute Gasteiger partial charge is 0.399 e. The molecule has 1 aliphatic heterocycles. The molecule has 1 aromatic carbocycles. The van der Waals surface area contributed by atoms with Crippen LogP contribution in [0.15, 0.2) is 23.7 Å². The molecule has 2 aromatic rings.